The fourth-order valence-corrected chi connectivity index (χ4v) is 3.52. The van der Waals surface area contributed by atoms with Crippen molar-refractivity contribution < 1.29 is 19.0 Å². The molecule has 0 spiro atoms. The predicted molar refractivity (Wildman–Crippen MR) is 100 cm³/mol. The Kier molecular flexibility index (Phi) is 5.37. The van der Waals surface area contributed by atoms with Gasteiger partial charge in [-0.05, 0) is 33.8 Å². The maximum Gasteiger partial charge on any atom is 0.340 e. The van der Waals surface area contributed by atoms with Gasteiger partial charge in [0.1, 0.15) is 0 Å². The van der Waals surface area contributed by atoms with Crippen LogP contribution < -0.4 is 5.32 Å². The number of aromatic nitrogens is 1. The Morgan fingerprint density at radius 3 is 2.54 bits per heavy atom. The maximum atomic E-state index is 12.2. The largest absolute Gasteiger partial charge is 0.465 e. The van der Waals surface area contributed by atoms with Gasteiger partial charge in [0, 0.05) is 22.1 Å². The predicted octanol–water partition coefficient (Wildman–Crippen LogP) is 2.87. The van der Waals surface area contributed by atoms with Crippen LogP contribution in [0.15, 0.2) is 24.3 Å². The molecule has 0 unspecified atom stereocenters. The summed E-state index contributed by atoms with van der Waals surface area (Å²) < 4.78 is 18.9. The first-order chi connectivity index (χ1) is 12.3. The Labute approximate surface area is 154 Å². The van der Waals surface area contributed by atoms with Crippen molar-refractivity contribution in [1.82, 2.24) is 9.88 Å². The van der Waals surface area contributed by atoms with Gasteiger partial charge in [-0.3, -0.25) is 0 Å². The number of methoxy groups -OCH3 is 1. The summed E-state index contributed by atoms with van der Waals surface area (Å²) in [5, 5.41) is 4.38. The van der Waals surface area contributed by atoms with Gasteiger partial charge < -0.3 is 24.1 Å². The van der Waals surface area contributed by atoms with Crippen LogP contribution >= 0.6 is 0 Å². The van der Waals surface area contributed by atoms with Crippen molar-refractivity contribution in [3.05, 3.63) is 35.5 Å². The summed E-state index contributed by atoms with van der Waals surface area (Å²) in [5.74, 6) is -0.322. The normalized spacial score (nSPS) is 21.1. The lowest BCUT2D eigenvalue weighted by atomic mass is 10.1. The van der Waals surface area contributed by atoms with E-state index in [9.17, 15) is 4.79 Å². The minimum absolute atomic E-state index is 0.0207. The highest BCUT2D eigenvalue weighted by Crippen LogP contribution is 2.27. The lowest BCUT2D eigenvalue weighted by Crippen LogP contribution is -2.52. The summed E-state index contributed by atoms with van der Waals surface area (Å²) in [6, 6.07) is 8.01. The number of hydrogen-bond donors (Lipinski definition) is 1. The van der Waals surface area contributed by atoms with Crippen molar-refractivity contribution in [3.63, 3.8) is 0 Å². The number of carbonyl (C=O) groups excluding carboxylic acids is 1. The number of fused-ring (bicyclic) bond motifs is 1. The molecule has 3 rings (SSSR count). The van der Waals surface area contributed by atoms with E-state index in [0.717, 1.165) is 16.6 Å². The summed E-state index contributed by atoms with van der Waals surface area (Å²) in [7, 11) is 1.41. The van der Waals surface area contributed by atoms with E-state index < -0.39 is 0 Å². The molecule has 2 heterocycles. The van der Waals surface area contributed by atoms with Gasteiger partial charge in [0.2, 0.25) is 0 Å². The maximum absolute atomic E-state index is 12.2. The summed E-state index contributed by atoms with van der Waals surface area (Å²) in [4.78, 5) is 12.2. The van der Waals surface area contributed by atoms with Crippen LogP contribution in [-0.2, 0) is 20.8 Å². The zero-order valence-corrected chi connectivity index (χ0v) is 16.2. The third-order valence-electron chi connectivity index (χ3n) is 4.56. The zero-order valence-electron chi connectivity index (χ0n) is 16.2. The molecular weight excluding hydrogens is 332 g/mol. The van der Waals surface area contributed by atoms with Crippen molar-refractivity contribution >= 4 is 16.9 Å². The molecular formula is C20H28N2O4. The third kappa shape index (κ3) is 3.92. The summed E-state index contributed by atoms with van der Waals surface area (Å²) in [6.45, 7) is 10.0. The standard InChI is InChI=1S/C20H28N2O4/c1-13-18(19(23)24-5)15-8-6-7-9-16(15)22(13)10-17-25-11-14(12-26-17)21-20(2,3)4/h6-9,14,17,21H,10-12H2,1-5H3. The van der Waals surface area contributed by atoms with E-state index in [2.05, 4.69) is 30.7 Å². The number of esters is 1. The van der Waals surface area contributed by atoms with Gasteiger partial charge in [-0.2, -0.15) is 0 Å². The topological polar surface area (TPSA) is 61.7 Å². The van der Waals surface area contributed by atoms with Crippen LogP contribution in [0.25, 0.3) is 10.9 Å². The lowest BCUT2D eigenvalue weighted by Gasteiger charge is -2.34. The Bertz CT molecular complexity index is 783. The molecule has 142 valence electrons. The van der Waals surface area contributed by atoms with Gasteiger partial charge in [-0.1, -0.05) is 18.2 Å². The molecule has 0 amide bonds. The Balaban J connectivity index is 1.78. The molecule has 1 aromatic carbocycles. The SMILES string of the molecule is COC(=O)c1c(C)n(CC2OCC(NC(C)(C)C)CO2)c2ccccc12. The summed E-state index contributed by atoms with van der Waals surface area (Å²) >= 11 is 0. The highest BCUT2D eigenvalue weighted by Gasteiger charge is 2.27. The van der Waals surface area contributed by atoms with Gasteiger partial charge in [-0.15, -0.1) is 0 Å². The first-order valence-corrected chi connectivity index (χ1v) is 8.97. The number of nitrogens with zero attached hydrogens (tertiary/aromatic N) is 1. The molecule has 1 aliphatic heterocycles. The van der Waals surface area contributed by atoms with Crippen molar-refractivity contribution in [2.24, 2.45) is 0 Å². The minimum Gasteiger partial charge on any atom is -0.465 e. The highest BCUT2D eigenvalue weighted by molar-refractivity contribution is 6.05. The fourth-order valence-electron chi connectivity index (χ4n) is 3.52. The van der Waals surface area contributed by atoms with Crippen molar-refractivity contribution in [3.8, 4) is 0 Å². The Morgan fingerprint density at radius 1 is 1.27 bits per heavy atom. The van der Waals surface area contributed by atoms with E-state index in [1.165, 1.54) is 7.11 Å². The van der Waals surface area contributed by atoms with Gasteiger partial charge in [-0.25, -0.2) is 4.79 Å². The fraction of sp³-hybridized carbons (Fsp3) is 0.550. The number of nitrogens with one attached hydrogen (secondary N) is 1. The number of rotatable bonds is 4. The molecule has 1 aromatic heterocycles. The van der Waals surface area contributed by atoms with E-state index >= 15 is 0 Å². The number of carbonyl (C=O) groups is 1. The third-order valence-corrected chi connectivity index (χ3v) is 4.56. The van der Waals surface area contributed by atoms with Crippen LogP contribution in [0.4, 0.5) is 0 Å². The highest BCUT2D eigenvalue weighted by atomic mass is 16.7. The lowest BCUT2D eigenvalue weighted by molar-refractivity contribution is -0.197. The van der Waals surface area contributed by atoms with Crippen LogP contribution in [0.3, 0.4) is 0 Å². The zero-order chi connectivity index (χ0) is 18.9. The number of ether oxygens (including phenoxy) is 3. The summed E-state index contributed by atoms with van der Waals surface area (Å²) in [5.41, 5.74) is 2.46. The van der Waals surface area contributed by atoms with E-state index in [-0.39, 0.29) is 23.8 Å². The Morgan fingerprint density at radius 2 is 1.92 bits per heavy atom. The second-order valence-electron chi connectivity index (χ2n) is 7.77. The average molecular weight is 360 g/mol. The van der Waals surface area contributed by atoms with Gasteiger partial charge in [0.25, 0.3) is 0 Å². The van der Waals surface area contributed by atoms with Crippen LogP contribution in [-0.4, -0.2) is 48.7 Å². The Hall–Kier alpha value is -1.89. The van der Waals surface area contributed by atoms with E-state index in [4.69, 9.17) is 14.2 Å². The van der Waals surface area contributed by atoms with Crippen LogP contribution in [0.5, 0.6) is 0 Å². The van der Waals surface area contributed by atoms with Gasteiger partial charge in [0.15, 0.2) is 6.29 Å². The molecule has 1 saturated heterocycles. The van der Waals surface area contributed by atoms with E-state index in [1.54, 1.807) is 0 Å². The second-order valence-corrected chi connectivity index (χ2v) is 7.77. The quantitative estimate of drug-likeness (QED) is 0.850. The molecule has 0 aliphatic carbocycles. The molecule has 26 heavy (non-hydrogen) atoms. The first kappa shape index (κ1) is 18.9. The molecule has 0 radical (unpaired) electrons. The molecule has 1 aliphatic rings. The number of benzene rings is 1. The first-order valence-electron chi connectivity index (χ1n) is 8.97. The monoisotopic (exact) mass is 360 g/mol. The molecule has 6 heteroatoms. The molecule has 6 nitrogen and oxygen atoms in total. The molecule has 1 N–H and O–H groups in total. The minimum atomic E-state index is -0.340. The van der Waals surface area contributed by atoms with Crippen molar-refractivity contribution in [1.29, 1.82) is 0 Å². The summed E-state index contributed by atoms with van der Waals surface area (Å²) in [6.07, 6.45) is -0.340. The van der Waals surface area contributed by atoms with Crippen LogP contribution in [0.2, 0.25) is 0 Å². The molecule has 1 fully saturated rings. The van der Waals surface area contributed by atoms with E-state index in [0.29, 0.717) is 25.3 Å². The molecule has 0 saturated carbocycles. The number of hydrogen-bond acceptors (Lipinski definition) is 5. The molecule has 2 aromatic rings. The molecule has 0 atom stereocenters. The molecule has 0 bridgehead atoms. The van der Waals surface area contributed by atoms with E-state index in [1.807, 2.05) is 31.2 Å². The van der Waals surface area contributed by atoms with Gasteiger partial charge in [0.05, 0.1) is 38.5 Å². The van der Waals surface area contributed by atoms with Crippen LogP contribution in [0, 0.1) is 6.92 Å². The second kappa shape index (κ2) is 7.39. The van der Waals surface area contributed by atoms with Crippen LogP contribution in [0.1, 0.15) is 36.8 Å². The number of para-hydroxylation sites is 1. The van der Waals surface area contributed by atoms with Gasteiger partial charge >= 0.3 is 5.97 Å². The smallest absolute Gasteiger partial charge is 0.340 e. The van der Waals surface area contributed by atoms with Crippen molar-refractivity contribution in [2.45, 2.75) is 52.1 Å². The average Bonchev–Trinajstić information content (AvgIpc) is 2.87. The van der Waals surface area contributed by atoms with Crippen molar-refractivity contribution in [2.75, 3.05) is 20.3 Å².